The Morgan fingerprint density at radius 2 is 2.00 bits per heavy atom. The van der Waals surface area contributed by atoms with Crippen molar-refractivity contribution in [1.29, 1.82) is 0 Å². The third kappa shape index (κ3) is 2.70. The normalized spacial score (nSPS) is 20.8. The first kappa shape index (κ1) is 13.8. The minimum Gasteiger partial charge on any atom is -0.504 e. The first-order valence-electron chi connectivity index (χ1n) is 6.79. The van der Waals surface area contributed by atoms with Crippen molar-refractivity contribution in [2.75, 3.05) is 33.7 Å². The third-order valence-corrected chi connectivity index (χ3v) is 3.81. The Morgan fingerprint density at radius 1 is 1.19 bits per heavy atom. The lowest BCUT2D eigenvalue weighted by molar-refractivity contribution is 0.108. The second-order valence-corrected chi connectivity index (χ2v) is 5.42. The number of benzene rings is 1. The standard InChI is InChI=1S/C14H18N4O3/c1-17-5-6-18(2)10(8-17)13-15-14(21-16-13)9-3-4-11(19)12(20)7-9/h3-4,7,10,19-20H,5-6,8H2,1-2H3. The number of aromatic hydroxyl groups is 2. The highest BCUT2D eigenvalue weighted by atomic mass is 16.5. The minimum absolute atomic E-state index is 0.0898. The molecule has 1 aliphatic rings. The van der Waals surface area contributed by atoms with Gasteiger partial charge in [-0.25, -0.2) is 0 Å². The van der Waals surface area contributed by atoms with E-state index in [1.54, 1.807) is 6.07 Å². The van der Waals surface area contributed by atoms with Crippen LogP contribution in [0.25, 0.3) is 11.5 Å². The van der Waals surface area contributed by atoms with Crippen LogP contribution in [0.15, 0.2) is 22.7 Å². The van der Waals surface area contributed by atoms with Crippen molar-refractivity contribution >= 4 is 0 Å². The van der Waals surface area contributed by atoms with Gasteiger partial charge < -0.3 is 19.6 Å². The lowest BCUT2D eigenvalue weighted by Gasteiger charge is -2.35. The molecule has 1 aliphatic heterocycles. The summed E-state index contributed by atoms with van der Waals surface area (Å²) < 4.78 is 5.28. The second kappa shape index (κ2) is 5.34. The van der Waals surface area contributed by atoms with Gasteiger partial charge in [0.25, 0.3) is 5.89 Å². The van der Waals surface area contributed by atoms with E-state index in [0.717, 1.165) is 19.6 Å². The zero-order valence-corrected chi connectivity index (χ0v) is 12.0. The smallest absolute Gasteiger partial charge is 0.258 e. The maximum absolute atomic E-state index is 9.54. The maximum atomic E-state index is 9.54. The molecule has 1 fully saturated rings. The van der Waals surface area contributed by atoms with Crippen LogP contribution in [-0.4, -0.2) is 63.9 Å². The summed E-state index contributed by atoms with van der Waals surface area (Å²) >= 11 is 0. The highest BCUT2D eigenvalue weighted by Crippen LogP contribution is 2.30. The van der Waals surface area contributed by atoms with Crippen LogP contribution in [0, 0.1) is 0 Å². The fourth-order valence-electron chi connectivity index (χ4n) is 2.43. The van der Waals surface area contributed by atoms with E-state index in [-0.39, 0.29) is 17.5 Å². The predicted octanol–water partition coefficient (Wildman–Crippen LogP) is 1.07. The number of nitrogens with zero attached hydrogens (tertiary/aromatic N) is 4. The van der Waals surface area contributed by atoms with Gasteiger partial charge in [0, 0.05) is 25.2 Å². The van der Waals surface area contributed by atoms with E-state index in [2.05, 4.69) is 27.0 Å². The van der Waals surface area contributed by atoms with Gasteiger partial charge in [0.05, 0.1) is 6.04 Å². The molecule has 0 bridgehead atoms. The molecule has 112 valence electrons. The molecule has 3 rings (SSSR count). The molecule has 1 aromatic carbocycles. The molecule has 1 atom stereocenters. The first-order chi connectivity index (χ1) is 10.0. The average Bonchev–Trinajstić information content (AvgIpc) is 2.94. The van der Waals surface area contributed by atoms with E-state index < -0.39 is 0 Å². The molecule has 2 heterocycles. The van der Waals surface area contributed by atoms with Crippen molar-refractivity contribution in [3.63, 3.8) is 0 Å². The number of hydrogen-bond donors (Lipinski definition) is 2. The fourth-order valence-corrected chi connectivity index (χ4v) is 2.43. The molecule has 1 aromatic heterocycles. The Bertz CT molecular complexity index is 643. The highest BCUT2D eigenvalue weighted by Gasteiger charge is 2.28. The van der Waals surface area contributed by atoms with E-state index in [0.29, 0.717) is 17.3 Å². The Morgan fingerprint density at radius 3 is 2.76 bits per heavy atom. The summed E-state index contributed by atoms with van der Waals surface area (Å²) in [6.45, 7) is 2.81. The number of aromatic nitrogens is 2. The number of rotatable bonds is 2. The minimum atomic E-state index is -0.207. The van der Waals surface area contributed by atoms with Crippen LogP contribution in [0.2, 0.25) is 0 Å². The van der Waals surface area contributed by atoms with Gasteiger partial charge in [-0.3, -0.25) is 4.90 Å². The van der Waals surface area contributed by atoms with Crippen LogP contribution >= 0.6 is 0 Å². The van der Waals surface area contributed by atoms with Gasteiger partial charge in [0.1, 0.15) is 0 Å². The summed E-state index contributed by atoms with van der Waals surface area (Å²) in [4.78, 5) is 8.85. The van der Waals surface area contributed by atoms with Crippen LogP contribution in [0.1, 0.15) is 11.9 Å². The predicted molar refractivity (Wildman–Crippen MR) is 75.9 cm³/mol. The summed E-state index contributed by atoms with van der Waals surface area (Å²) in [7, 11) is 4.11. The molecule has 7 heteroatoms. The van der Waals surface area contributed by atoms with E-state index in [4.69, 9.17) is 4.52 Å². The monoisotopic (exact) mass is 290 g/mol. The largest absolute Gasteiger partial charge is 0.504 e. The van der Waals surface area contributed by atoms with Crippen molar-refractivity contribution in [1.82, 2.24) is 19.9 Å². The highest BCUT2D eigenvalue weighted by molar-refractivity contribution is 5.58. The molecular weight excluding hydrogens is 272 g/mol. The number of phenols is 2. The molecule has 0 spiro atoms. The number of likely N-dealkylation sites (N-methyl/N-ethyl adjacent to an activating group) is 2. The Hall–Kier alpha value is -2.12. The maximum Gasteiger partial charge on any atom is 0.258 e. The summed E-state index contributed by atoms with van der Waals surface area (Å²) in [5, 5.41) is 22.9. The molecule has 21 heavy (non-hydrogen) atoms. The molecule has 0 aliphatic carbocycles. The van der Waals surface area contributed by atoms with Gasteiger partial charge in [0.15, 0.2) is 17.3 Å². The van der Waals surface area contributed by atoms with Gasteiger partial charge in [-0.15, -0.1) is 0 Å². The van der Waals surface area contributed by atoms with Crippen molar-refractivity contribution in [2.45, 2.75) is 6.04 Å². The topological polar surface area (TPSA) is 85.9 Å². The summed E-state index contributed by atoms with van der Waals surface area (Å²) in [5.74, 6) is 0.586. The Kier molecular flexibility index (Phi) is 3.52. The second-order valence-electron chi connectivity index (χ2n) is 5.42. The fraction of sp³-hybridized carbons (Fsp3) is 0.429. The van der Waals surface area contributed by atoms with E-state index >= 15 is 0 Å². The molecule has 0 saturated carbocycles. The van der Waals surface area contributed by atoms with Crippen molar-refractivity contribution < 1.29 is 14.7 Å². The molecular formula is C14H18N4O3. The van der Waals surface area contributed by atoms with Crippen molar-refractivity contribution in [2.24, 2.45) is 0 Å². The van der Waals surface area contributed by atoms with Gasteiger partial charge in [-0.05, 0) is 32.3 Å². The van der Waals surface area contributed by atoms with Crippen LogP contribution in [0.5, 0.6) is 11.5 Å². The number of hydrogen-bond acceptors (Lipinski definition) is 7. The summed E-state index contributed by atoms with van der Waals surface area (Å²) in [5.41, 5.74) is 0.580. The van der Waals surface area contributed by atoms with Gasteiger partial charge in [0.2, 0.25) is 0 Å². The van der Waals surface area contributed by atoms with Crippen molar-refractivity contribution in [3.05, 3.63) is 24.0 Å². The SMILES string of the molecule is CN1CCN(C)C(c2noc(-c3ccc(O)c(O)c3)n2)C1. The average molecular weight is 290 g/mol. The molecule has 1 unspecified atom stereocenters. The molecule has 7 nitrogen and oxygen atoms in total. The summed E-state index contributed by atoms with van der Waals surface area (Å²) in [6, 6.07) is 4.52. The van der Waals surface area contributed by atoms with E-state index in [9.17, 15) is 10.2 Å². The van der Waals surface area contributed by atoms with Crippen LogP contribution < -0.4 is 0 Å². The van der Waals surface area contributed by atoms with Gasteiger partial charge in [-0.2, -0.15) is 4.98 Å². The quantitative estimate of drug-likeness (QED) is 0.800. The Labute approximate surface area is 122 Å². The van der Waals surface area contributed by atoms with Gasteiger partial charge in [-0.1, -0.05) is 5.16 Å². The van der Waals surface area contributed by atoms with E-state index in [1.807, 2.05) is 7.05 Å². The molecule has 0 amide bonds. The molecule has 2 aromatic rings. The van der Waals surface area contributed by atoms with E-state index in [1.165, 1.54) is 12.1 Å². The lowest BCUT2D eigenvalue weighted by Crippen LogP contribution is -2.45. The Balaban J connectivity index is 1.87. The lowest BCUT2D eigenvalue weighted by atomic mass is 10.1. The zero-order valence-electron chi connectivity index (χ0n) is 12.0. The van der Waals surface area contributed by atoms with Crippen molar-refractivity contribution in [3.8, 4) is 23.0 Å². The zero-order chi connectivity index (χ0) is 15.0. The van der Waals surface area contributed by atoms with Crippen LogP contribution in [0.4, 0.5) is 0 Å². The molecule has 2 N–H and O–H groups in total. The first-order valence-corrected chi connectivity index (χ1v) is 6.79. The summed E-state index contributed by atoms with van der Waals surface area (Å²) in [6.07, 6.45) is 0. The molecule has 0 radical (unpaired) electrons. The van der Waals surface area contributed by atoms with Crippen LogP contribution in [0.3, 0.4) is 0 Å². The molecule has 1 saturated heterocycles. The van der Waals surface area contributed by atoms with Crippen LogP contribution in [-0.2, 0) is 0 Å². The number of piperazine rings is 1. The third-order valence-electron chi connectivity index (χ3n) is 3.81. The number of phenolic OH excluding ortho intramolecular Hbond substituents is 2. The van der Waals surface area contributed by atoms with Gasteiger partial charge >= 0.3 is 0 Å².